The Morgan fingerprint density at radius 2 is 1.82 bits per heavy atom. The summed E-state index contributed by atoms with van der Waals surface area (Å²) in [6, 6.07) is 0. The van der Waals surface area contributed by atoms with Crippen molar-refractivity contribution in [2.75, 3.05) is 0 Å². The van der Waals surface area contributed by atoms with E-state index in [2.05, 4.69) is 29.7 Å². The third kappa shape index (κ3) is 4.22. The fraction of sp³-hybridized carbons (Fsp3) is 0.273. The molecule has 0 nitrogen and oxygen atoms in total. The molecule has 0 fully saturated rings. The van der Waals surface area contributed by atoms with Crippen molar-refractivity contribution in [3.05, 3.63) is 47.9 Å². The Balaban J connectivity index is 2.65. The van der Waals surface area contributed by atoms with Crippen molar-refractivity contribution < 1.29 is 0 Å². The van der Waals surface area contributed by atoms with Gasteiger partial charge in [0.15, 0.2) is 0 Å². The topological polar surface area (TPSA) is 0 Å². The Kier molecular flexibility index (Phi) is 3.98. The highest BCUT2D eigenvalue weighted by Gasteiger charge is 1.75. The molecule has 0 aliphatic heterocycles. The molecule has 0 aromatic heterocycles. The summed E-state index contributed by atoms with van der Waals surface area (Å²) in [5.41, 5.74) is 5.88. The average Bonchev–Trinajstić information content (AvgIpc) is 2.08. The zero-order chi connectivity index (χ0) is 7.78. The van der Waals surface area contributed by atoms with Crippen LogP contribution in [-0.4, -0.2) is 0 Å². The van der Waals surface area contributed by atoms with Gasteiger partial charge in [-0.05, 0) is 31.4 Å². The lowest BCUT2D eigenvalue weighted by Crippen LogP contribution is -1.63. The van der Waals surface area contributed by atoms with Crippen LogP contribution in [0.15, 0.2) is 47.9 Å². The van der Waals surface area contributed by atoms with E-state index in [4.69, 9.17) is 0 Å². The molecule has 1 aliphatic carbocycles. The van der Waals surface area contributed by atoms with E-state index in [0.717, 1.165) is 19.3 Å². The quantitative estimate of drug-likeness (QED) is 0.362. The van der Waals surface area contributed by atoms with Gasteiger partial charge in [0.25, 0.3) is 0 Å². The molecule has 0 saturated carbocycles. The molecule has 0 atom stereocenters. The lowest BCUT2D eigenvalue weighted by Gasteiger charge is -1.83. The molecule has 0 bridgehead atoms. The van der Waals surface area contributed by atoms with E-state index in [1.54, 1.807) is 0 Å². The van der Waals surface area contributed by atoms with E-state index in [1.165, 1.54) is 0 Å². The van der Waals surface area contributed by atoms with Crippen LogP contribution in [0.25, 0.3) is 0 Å². The smallest absolute Gasteiger partial charge is 0.00865 e. The molecule has 56 valence electrons. The van der Waals surface area contributed by atoms with Gasteiger partial charge in [0, 0.05) is 0 Å². The number of hydrogen-bond donors (Lipinski definition) is 0. The molecule has 0 N–H and O–H groups in total. The van der Waals surface area contributed by atoms with Gasteiger partial charge in [-0.25, -0.2) is 0 Å². The monoisotopic (exact) mass is 144 g/mol. The van der Waals surface area contributed by atoms with Gasteiger partial charge in [0.1, 0.15) is 0 Å². The Hall–Kier alpha value is -1.22. The lowest BCUT2D eigenvalue weighted by molar-refractivity contribution is 1.04. The summed E-state index contributed by atoms with van der Waals surface area (Å²) in [5.74, 6) is 0. The molecule has 0 unspecified atom stereocenters. The van der Waals surface area contributed by atoms with Crippen molar-refractivity contribution >= 4 is 0 Å². The van der Waals surface area contributed by atoms with Crippen molar-refractivity contribution in [3.8, 4) is 0 Å². The van der Waals surface area contributed by atoms with Crippen LogP contribution in [-0.2, 0) is 0 Å². The molecule has 1 aliphatic rings. The molecule has 11 heavy (non-hydrogen) atoms. The van der Waals surface area contributed by atoms with E-state index < -0.39 is 0 Å². The third-order valence-electron chi connectivity index (χ3n) is 1.42. The van der Waals surface area contributed by atoms with Crippen molar-refractivity contribution in [2.24, 2.45) is 0 Å². The van der Waals surface area contributed by atoms with Crippen LogP contribution in [0.4, 0.5) is 0 Å². The molecule has 0 heterocycles. The normalized spacial score (nSPS) is 22.5. The first-order valence-electron chi connectivity index (χ1n) is 3.96. The van der Waals surface area contributed by atoms with Crippen molar-refractivity contribution in [3.63, 3.8) is 0 Å². The summed E-state index contributed by atoms with van der Waals surface area (Å²) in [6.45, 7) is 0. The molecular formula is C11H12. The highest BCUT2D eigenvalue weighted by atomic mass is 13.8. The maximum Gasteiger partial charge on any atom is -0.00865 e. The van der Waals surface area contributed by atoms with Crippen molar-refractivity contribution in [1.29, 1.82) is 0 Å². The Labute approximate surface area is 67.9 Å². The molecule has 0 aromatic carbocycles. The lowest BCUT2D eigenvalue weighted by atomic mass is 10.2. The second kappa shape index (κ2) is 5.56. The average molecular weight is 144 g/mol. The highest BCUT2D eigenvalue weighted by molar-refractivity contribution is 5.04. The summed E-state index contributed by atoms with van der Waals surface area (Å²) >= 11 is 0. The minimum atomic E-state index is 0.973. The Morgan fingerprint density at radius 1 is 0.909 bits per heavy atom. The van der Waals surface area contributed by atoms with Crippen LogP contribution >= 0.6 is 0 Å². The van der Waals surface area contributed by atoms with E-state index in [1.807, 2.05) is 18.2 Å². The number of allylic oxidation sites excluding steroid dienone is 6. The van der Waals surface area contributed by atoms with Gasteiger partial charge in [-0.1, -0.05) is 35.8 Å². The van der Waals surface area contributed by atoms with Gasteiger partial charge >= 0.3 is 0 Å². The largest absolute Gasteiger partial charge is 0.0879 e. The SMILES string of the molecule is C1=C=CC/C=C\CC/C=C\C=1. The minimum absolute atomic E-state index is 0.973. The van der Waals surface area contributed by atoms with Gasteiger partial charge in [-0.3, -0.25) is 0 Å². The zero-order valence-electron chi connectivity index (χ0n) is 6.59. The predicted octanol–water partition coefficient (Wildman–Crippen LogP) is 3.15. The summed E-state index contributed by atoms with van der Waals surface area (Å²) in [7, 11) is 0. The maximum absolute atomic E-state index is 2.95. The molecule has 1 rings (SSSR count). The molecule has 0 radical (unpaired) electrons. The standard InChI is InChI=1S/C11H12/c1-2-4-6-8-10-11-9-7-5-3-1/h1-3,8-10H,4,6,11H2/b2-1-,9-3?,10-8-. The summed E-state index contributed by atoms with van der Waals surface area (Å²) in [5, 5.41) is 0. The van der Waals surface area contributed by atoms with Crippen LogP contribution in [0.2, 0.25) is 0 Å². The number of rotatable bonds is 0. The maximum atomic E-state index is 2.95. The van der Waals surface area contributed by atoms with Crippen LogP contribution < -0.4 is 0 Å². The van der Waals surface area contributed by atoms with Crippen LogP contribution in [0, 0.1) is 0 Å². The third-order valence-corrected chi connectivity index (χ3v) is 1.42. The van der Waals surface area contributed by atoms with Crippen molar-refractivity contribution in [2.45, 2.75) is 19.3 Å². The van der Waals surface area contributed by atoms with Gasteiger partial charge in [-0.2, -0.15) is 0 Å². The van der Waals surface area contributed by atoms with Crippen LogP contribution in [0.5, 0.6) is 0 Å². The molecule has 0 amide bonds. The summed E-state index contributed by atoms with van der Waals surface area (Å²) < 4.78 is 0. The summed E-state index contributed by atoms with van der Waals surface area (Å²) in [6.07, 6.45) is 15.6. The van der Waals surface area contributed by atoms with E-state index >= 15 is 0 Å². The zero-order valence-corrected chi connectivity index (χ0v) is 6.59. The molecule has 0 aromatic rings. The second-order valence-corrected chi connectivity index (χ2v) is 2.37. The van der Waals surface area contributed by atoms with Gasteiger partial charge in [0.05, 0.1) is 0 Å². The fourth-order valence-electron chi connectivity index (χ4n) is 0.853. The first kappa shape index (κ1) is 7.88. The van der Waals surface area contributed by atoms with Crippen LogP contribution in [0.1, 0.15) is 19.3 Å². The highest BCUT2D eigenvalue weighted by Crippen LogP contribution is 1.95. The first-order chi connectivity index (χ1) is 5.50. The van der Waals surface area contributed by atoms with Gasteiger partial charge in [-0.15, -0.1) is 0 Å². The molecule has 0 spiro atoms. The van der Waals surface area contributed by atoms with Gasteiger partial charge in [0.2, 0.25) is 0 Å². The Morgan fingerprint density at radius 3 is 2.82 bits per heavy atom. The fourth-order valence-corrected chi connectivity index (χ4v) is 0.853. The van der Waals surface area contributed by atoms with Crippen molar-refractivity contribution in [1.82, 2.24) is 0 Å². The number of hydrogen-bond acceptors (Lipinski definition) is 0. The summed E-state index contributed by atoms with van der Waals surface area (Å²) in [4.78, 5) is 0. The second-order valence-electron chi connectivity index (χ2n) is 2.37. The van der Waals surface area contributed by atoms with Gasteiger partial charge < -0.3 is 0 Å². The van der Waals surface area contributed by atoms with E-state index in [0.29, 0.717) is 0 Å². The van der Waals surface area contributed by atoms with E-state index in [-0.39, 0.29) is 0 Å². The molecule has 0 heteroatoms. The van der Waals surface area contributed by atoms with Crippen LogP contribution in [0.3, 0.4) is 0 Å². The van der Waals surface area contributed by atoms with E-state index in [9.17, 15) is 0 Å². The first-order valence-corrected chi connectivity index (χ1v) is 3.96. The predicted molar refractivity (Wildman–Crippen MR) is 48.3 cm³/mol. The Bertz CT molecular complexity index is 241. The molecule has 0 saturated heterocycles. The molecular weight excluding hydrogens is 132 g/mol. The minimum Gasteiger partial charge on any atom is -0.0879 e.